The number of hydrogen-bond donors (Lipinski definition) is 2. The van der Waals surface area contributed by atoms with Crippen LogP contribution in [0.1, 0.15) is 18.1 Å². The van der Waals surface area contributed by atoms with Crippen molar-refractivity contribution in [2.75, 3.05) is 27.3 Å². The number of nitrogens with two attached hydrogens (primary N) is 1. The zero-order chi connectivity index (χ0) is 13.5. The average molecular weight is 252 g/mol. The van der Waals surface area contributed by atoms with Gasteiger partial charge in [-0.3, -0.25) is 0 Å². The second-order valence-corrected chi connectivity index (χ2v) is 4.57. The molecular formula is C14H24N2O2. The van der Waals surface area contributed by atoms with E-state index in [0.29, 0.717) is 0 Å². The lowest BCUT2D eigenvalue weighted by atomic mass is 10.0. The fourth-order valence-corrected chi connectivity index (χ4v) is 1.84. The molecular weight excluding hydrogens is 228 g/mol. The molecule has 4 nitrogen and oxygen atoms in total. The summed E-state index contributed by atoms with van der Waals surface area (Å²) in [6, 6.07) is 4.25. The Kier molecular flexibility index (Phi) is 5.95. The van der Waals surface area contributed by atoms with Crippen LogP contribution in [0.5, 0.6) is 11.5 Å². The van der Waals surface area contributed by atoms with Gasteiger partial charge in [0.1, 0.15) is 0 Å². The van der Waals surface area contributed by atoms with Gasteiger partial charge in [-0.15, -0.1) is 0 Å². The molecule has 4 heteroatoms. The van der Waals surface area contributed by atoms with Crippen LogP contribution in [0.2, 0.25) is 0 Å². The maximum Gasteiger partial charge on any atom is 0.161 e. The highest BCUT2D eigenvalue weighted by Crippen LogP contribution is 2.30. The third-order valence-corrected chi connectivity index (χ3v) is 2.88. The van der Waals surface area contributed by atoms with Crippen molar-refractivity contribution in [3.8, 4) is 11.5 Å². The quantitative estimate of drug-likeness (QED) is 0.722. The Morgan fingerprint density at radius 3 is 2.39 bits per heavy atom. The maximum atomic E-state index is 5.69. The topological polar surface area (TPSA) is 56.5 Å². The van der Waals surface area contributed by atoms with Gasteiger partial charge >= 0.3 is 0 Å². The van der Waals surface area contributed by atoms with Gasteiger partial charge in [-0.05, 0) is 50.1 Å². The fraction of sp³-hybridized carbons (Fsp3) is 0.571. The largest absolute Gasteiger partial charge is 0.493 e. The molecule has 1 unspecified atom stereocenters. The minimum Gasteiger partial charge on any atom is -0.493 e. The molecule has 0 aliphatic heterocycles. The summed E-state index contributed by atoms with van der Waals surface area (Å²) >= 11 is 0. The molecule has 18 heavy (non-hydrogen) atoms. The van der Waals surface area contributed by atoms with Gasteiger partial charge in [0, 0.05) is 12.6 Å². The zero-order valence-electron chi connectivity index (χ0n) is 11.7. The van der Waals surface area contributed by atoms with Gasteiger partial charge in [-0.1, -0.05) is 0 Å². The maximum absolute atomic E-state index is 5.69. The van der Waals surface area contributed by atoms with E-state index < -0.39 is 0 Å². The van der Waals surface area contributed by atoms with E-state index in [1.54, 1.807) is 14.2 Å². The number of hydrogen-bond acceptors (Lipinski definition) is 4. The molecule has 3 N–H and O–H groups in total. The van der Waals surface area contributed by atoms with Crippen molar-refractivity contribution in [1.82, 2.24) is 5.32 Å². The second-order valence-electron chi connectivity index (χ2n) is 4.57. The third kappa shape index (κ3) is 4.20. The van der Waals surface area contributed by atoms with Gasteiger partial charge in [0.05, 0.1) is 14.2 Å². The van der Waals surface area contributed by atoms with E-state index in [-0.39, 0.29) is 6.04 Å². The highest BCUT2D eigenvalue weighted by Gasteiger charge is 2.08. The van der Waals surface area contributed by atoms with Crippen LogP contribution in [0.25, 0.3) is 0 Å². The number of nitrogens with one attached hydrogen (secondary N) is 1. The summed E-state index contributed by atoms with van der Waals surface area (Å²) in [6.07, 6.45) is 0.957. The Hall–Kier alpha value is -1.26. The molecule has 0 spiro atoms. The molecule has 0 saturated carbocycles. The van der Waals surface area contributed by atoms with Gasteiger partial charge in [0.25, 0.3) is 0 Å². The number of ether oxygens (including phenoxy) is 2. The van der Waals surface area contributed by atoms with E-state index in [2.05, 4.69) is 12.2 Å². The second kappa shape index (κ2) is 7.24. The first kappa shape index (κ1) is 14.8. The van der Waals surface area contributed by atoms with Crippen molar-refractivity contribution >= 4 is 0 Å². The lowest BCUT2D eigenvalue weighted by molar-refractivity contribution is 0.354. The molecule has 0 aliphatic rings. The summed E-state index contributed by atoms with van der Waals surface area (Å²) in [5.74, 6) is 1.56. The molecule has 1 atom stereocenters. The van der Waals surface area contributed by atoms with E-state index in [9.17, 15) is 0 Å². The molecule has 0 heterocycles. The van der Waals surface area contributed by atoms with Crippen molar-refractivity contribution in [2.24, 2.45) is 5.73 Å². The standard InChI is InChI=1S/C14H24N2O2/c1-10-7-13(17-3)14(18-4)8-12(10)5-6-16-9-11(2)15/h7-8,11,16H,5-6,9,15H2,1-4H3. The smallest absolute Gasteiger partial charge is 0.161 e. The predicted molar refractivity (Wildman–Crippen MR) is 74.5 cm³/mol. The Bertz CT molecular complexity index is 378. The minimum absolute atomic E-state index is 0.191. The zero-order valence-corrected chi connectivity index (χ0v) is 11.7. The van der Waals surface area contributed by atoms with Crippen LogP contribution in [0.4, 0.5) is 0 Å². The molecule has 0 radical (unpaired) electrons. The van der Waals surface area contributed by atoms with Crippen molar-refractivity contribution < 1.29 is 9.47 Å². The first-order chi connectivity index (χ1) is 8.58. The molecule has 0 bridgehead atoms. The van der Waals surface area contributed by atoms with Crippen molar-refractivity contribution in [2.45, 2.75) is 26.3 Å². The fourth-order valence-electron chi connectivity index (χ4n) is 1.84. The molecule has 1 aromatic carbocycles. The van der Waals surface area contributed by atoms with E-state index in [1.807, 2.05) is 19.1 Å². The summed E-state index contributed by atoms with van der Waals surface area (Å²) in [6.45, 7) is 5.84. The third-order valence-electron chi connectivity index (χ3n) is 2.88. The van der Waals surface area contributed by atoms with Gasteiger partial charge in [-0.2, -0.15) is 0 Å². The normalized spacial score (nSPS) is 12.3. The summed E-state index contributed by atoms with van der Waals surface area (Å²) in [5, 5.41) is 3.33. The van der Waals surface area contributed by atoms with Crippen LogP contribution in [-0.2, 0) is 6.42 Å². The number of benzene rings is 1. The van der Waals surface area contributed by atoms with Gasteiger partial charge in [0.15, 0.2) is 11.5 Å². The van der Waals surface area contributed by atoms with E-state index in [4.69, 9.17) is 15.2 Å². The van der Waals surface area contributed by atoms with Crippen LogP contribution in [0.3, 0.4) is 0 Å². The molecule has 1 rings (SSSR count). The summed E-state index contributed by atoms with van der Waals surface area (Å²) in [4.78, 5) is 0. The van der Waals surface area contributed by atoms with Crippen LogP contribution in [0.15, 0.2) is 12.1 Å². The van der Waals surface area contributed by atoms with Crippen LogP contribution in [-0.4, -0.2) is 33.4 Å². The molecule has 0 saturated heterocycles. The van der Waals surface area contributed by atoms with Gasteiger partial charge in [0.2, 0.25) is 0 Å². The Morgan fingerprint density at radius 1 is 1.22 bits per heavy atom. The van der Waals surface area contributed by atoms with Crippen molar-refractivity contribution in [1.29, 1.82) is 0 Å². The van der Waals surface area contributed by atoms with Gasteiger partial charge in [-0.25, -0.2) is 0 Å². The molecule has 0 aliphatic carbocycles. The Balaban J connectivity index is 2.65. The van der Waals surface area contributed by atoms with Crippen molar-refractivity contribution in [3.63, 3.8) is 0 Å². The monoisotopic (exact) mass is 252 g/mol. The number of rotatable bonds is 7. The highest BCUT2D eigenvalue weighted by molar-refractivity contribution is 5.47. The lowest BCUT2D eigenvalue weighted by Crippen LogP contribution is -2.32. The molecule has 0 aromatic heterocycles. The lowest BCUT2D eigenvalue weighted by Gasteiger charge is -2.13. The van der Waals surface area contributed by atoms with E-state index in [0.717, 1.165) is 31.0 Å². The Morgan fingerprint density at radius 2 is 1.83 bits per heavy atom. The van der Waals surface area contributed by atoms with Crippen LogP contribution in [0, 0.1) is 6.92 Å². The highest BCUT2D eigenvalue weighted by atomic mass is 16.5. The van der Waals surface area contributed by atoms with E-state index >= 15 is 0 Å². The predicted octanol–water partition coefficient (Wildman–Crippen LogP) is 1.49. The van der Waals surface area contributed by atoms with E-state index in [1.165, 1.54) is 11.1 Å². The molecule has 102 valence electrons. The van der Waals surface area contributed by atoms with Crippen molar-refractivity contribution in [3.05, 3.63) is 23.3 Å². The first-order valence-electron chi connectivity index (χ1n) is 6.26. The average Bonchev–Trinajstić information content (AvgIpc) is 2.35. The summed E-state index contributed by atoms with van der Waals surface area (Å²) in [7, 11) is 3.31. The minimum atomic E-state index is 0.191. The molecule has 0 amide bonds. The SMILES string of the molecule is COc1cc(C)c(CCNCC(C)N)cc1OC. The Labute approximate surface area is 109 Å². The summed E-state index contributed by atoms with van der Waals surface area (Å²) in [5.41, 5.74) is 8.17. The number of aryl methyl sites for hydroxylation is 1. The summed E-state index contributed by atoms with van der Waals surface area (Å²) < 4.78 is 10.6. The van der Waals surface area contributed by atoms with Crippen LogP contribution >= 0.6 is 0 Å². The van der Waals surface area contributed by atoms with Crippen LogP contribution < -0.4 is 20.5 Å². The molecule has 0 fully saturated rings. The molecule has 1 aromatic rings. The van der Waals surface area contributed by atoms with Gasteiger partial charge < -0.3 is 20.5 Å². The number of methoxy groups -OCH3 is 2. The first-order valence-corrected chi connectivity index (χ1v) is 6.26.